The molecule has 29 heavy (non-hydrogen) atoms. The first-order valence-corrected chi connectivity index (χ1v) is 10.2. The molecule has 0 fully saturated rings. The van der Waals surface area contributed by atoms with Gasteiger partial charge in [0.15, 0.2) is 0 Å². The normalized spacial score (nSPS) is 13.6. The zero-order valence-electron chi connectivity index (χ0n) is 15.0. The molecule has 0 spiro atoms. The molecule has 0 aliphatic rings. The minimum atomic E-state index is -4.73. The third-order valence-electron chi connectivity index (χ3n) is 3.75. The van der Waals surface area contributed by atoms with Gasteiger partial charge in [-0.05, 0) is 49.2 Å². The quantitative estimate of drug-likeness (QED) is 0.369. The predicted octanol–water partition coefficient (Wildman–Crippen LogP) is 6.57. The Morgan fingerprint density at radius 2 is 1.34 bits per heavy atom. The molecule has 0 aliphatic heterocycles. The topological polar surface area (TPSA) is 17.1 Å². The van der Waals surface area contributed by atoms with Crippen molar-refractivity contribution in [3.05, 3.63) is 47.0 Å². The summed E-state index contributed by atoms with van der Waals surface area (Å²) in [7, 11) is -2.56. The summed E-state index contributed by atoms with van der Waals surface area (Å²) in [5.41, 5.74) is -0.738. The second-order valence-corrected chi connectivity index (χ2v) is 8.64. The first kappa shape index (κ1) is 23.7. The maximum atomic E-state index is 14.4. The van der Waals surface area contributed by atoms with Gasteiger partial charge in [-0.15, -0.1) is 11.8 Å². The zero-order chi connectivity index (χ0) is 22.1. The Balaban J connectivity index is 2.53. The van der Waals surface area contributed by atoms with Crippen LogP contribution in [0.25, 0.3) is 11.1 Å². The molecule has 1 unspecified atom stereocenters. The number of aryl methyl sites for hydroxylation is 2. The van der Waals surface area contributed by atoms with Crippen molar-refractivity contribution in [2.75, 3.05) is 11.5 Å². The van der Waals surface area contributed by atoms with Crippen LogP contribution in [0.5, 0.6) is 0 Å². The van der Waals surface area contributed by atoms with E-state index in [4.69, 9.17) is 0 Å². The van der Waals surface area contributed by atoms with Gasteiger partial charge in [-0.25, -0.2) is 8.78 Å². The highest BCUT2D eigenvalue weighted by Gasteiger charge is 2.32. The van der Waals surface area contributed by atoms with Gasteiger partial charge in [0.1, 0.15) is 17.4 Å². The van der Waals surface area contributed by atoms with Crippen molar-refractivity contribution in [3.8, 4) is 11.1 Å². The van der Waals surface area contributed by atoms with Crippen LogP contribution in [-0.2, 0) is 10.8 Å². The monoisotopic (exact) mass is 462 g/mol. The highest BCUT2D eigenvalue weighted by Crippen LogP contribution is 2.36. The van der Waals surface area contributed by atoms with E-state index in [-0.39, 0.29) is 20.9 Å². The minimum Gasteiger partial charge on any atom is -0.254 e. The second kappa shape index (κ2) is 8.63. The van der Waals surface area contributed by atoms with Crippen LogP contribution in [0.1, 0.15) is 11.1 Å². The van der Waals surface area contributed by atoms with Crippen LogP contribution in [0.2, 0.25) is 0 Å². The molecule has 2 rings (SSSR count). The van der Waals surface area contributed by atoms with Crippen molar-refractivity contribution in [1.82, 2.24) is 0 Å². The highest BCUT2D eigenvalue weighted by molar-refractivity contribution is 7.99. The van der Waals surface area contributed by atoms with E-state index in [0.29, 0.717) is 11.8 Å². The van der Waals surface area contributed by atoms with Crippen molar-refractivity contribution in [2.45, 2.75) is 36.0 Å². The number of halogens is 8. The van der Waals surface area contributed by atoms with Gasteiger partial charge in [-0.1, -0.05) is 0 Å². The molecule has 0 saturated carbocycles. The fourth-order valence-electron chi connectivity index (χ4n) is 2.51. The molecule has 2 aromatic rings. The maximum absolute atomic E-state index is 14.4. The zero-order valence-corrected chi connectivity index (χ0v) is 16.6. The van der Waals surface area contributed by atoms with Crippen molar-refractivity contribution in [3.63, 3.8) is 0 Å². The number of rotatable bonds is 5. The van der Waals surface area contributed by atoms with E-state index in [0.717, 1.165) is 24.3 Å². The Bertz CT molecular complexity index is 935. The largest absolute Gasteiger partial charge is 0.400 e. The van der Waals surface area contributed by atoms with Gasteiger partial charge >= 0.3 is 12.4 Å². The lowest BCUT2D eigenvalue weighted by Gasteiger charge is -2.15. The number of alkyl halides is 6. The third-order valence-corrected chi connectivity index (χ3v) is 6.49. The van der Waals surface area contributed by atoms with Crippen LogP contribution < -0.4 is 0 Å². The summed E-state index contributed by atoms with van der Waals surface area (Å²) in [4.78, 5) is -0.292. The van der Waals surface area contributed by atoms with Crippen LogP contribution in [0.3, 0.4) is 0 Å². The summed E-state index contributed by atoms with van der Waals surface area (Å²) >= 11 is 0.376. The summed E-state index contributed by atoms with van der Waals surface area (Å²) < 4.78 is 116. The predicted molar refractivity (Wildman–Crippen MR) is 95.4 cm³/mol. The van der Waals surface area contributed by atoms with Gasteiger partial charge in [0.05, 0.1) is 16.6 Å². The third kappa shape index (κ3) is 6.43. The summed E-state index contributed by atoms with van der Waals surface area (Å²) in [6, 6.07) is 3.59. The summed E-state index contributed by atoms with van der Waals surface area (Å²) in [5, 5.41) is 0. The van der Waals surface area contributed by atoms with E-state index >= 15 is 0 Å². The summed E-state index contributed by atoms with van der Waals surface area (Å²) in [5.74, 6) is -4.88. The molecule has 0 heterocycles. The summed E-state index contributed by atoms with van der Waals surface area (Å²) in [6.45, 7) is 2.63. The molecule has 1 atom stereocenters. The van der Waals surface area contributed by atoms with E-state index in [1.54, 1.807) is 0 Å². The van der Waals surface area contributed by atoms with E-state index < -0.39 is 57.4 Å². The Labute approximate surface area is 167 Å². The SMILES string of the molecule is Cc1cc(F)c(-c2cc(S(=O)CC(F)(F)F)c(C)cc2F)cc1SCC(F)(F)F. The molecule has 0 aliphatic carbocycles. The Morgan fingerprint density at radius 3 is 1.86 bits per heavy atom. The van der Waals surface area contributed by atoms with Crippen molar-refractivity contribution < 1.29 is 39.3 Å². The Morgan fingerprint density at radius 1 is 0.828 bits per heavy atom. The molecule has 0 saturated heterocycles. The first-order valence-electron chi connectivity index (χ1n) is 7.93. The molecule has 1 nitrogen and oxygen atoms in total. The standard InChI is InChI=1S/C18H14F8OS2/c1-9-3-13(19)11(5-15(9)28-7-17(21,22)23)12-6-16(10(2)4-14(12)20)29(27)8-18(24,25)26/h3-6H,7-8H2,1-2H3. The fraction of sp³-hybridized carbons (Fsp3) is 0.333. The van der Waals surface area contributed by atoms with Crippen LogP contribution in [0, 0.1) is 25.5 Å². The molecule has 11 heteroatoms. The second-order valence-electron chi connectivity index (χ2n) is 6.20. The van der Waals surface area contributed by atoms with Gasteiger partial charge in [-0.3, -0.25) is 4.21 Å². The lowest BCUT2D eigenvalue weighted by Crippen LogP contribution is -2.19. The average Bonchev–Trinajstić information content (AvgIpc) is 2.52. The minimum absolute atomic E-state index is 0.0203. The molecule has 0 N–H and O–H groups in total. The molecule has 0 amide bonds. The first-order chi connectivity index (χ1) is 13.2. The number of hydrogen-bond donors (Lipinski definition) is 0. The smallest absolute Gasteiger partial charge is 0.254 e. The Kier molecular flexibility index (Phi) is 7.04. The molecule has 0 bridgehead atoms. The molecule has 0 radical (unpaired) electrons. The van der Waals surface area contributed by atoms with Gasteiger partial charge in [0, 0.05) is 20.9 Å². The van der Waals surface area contributed by atoms with E-state index in [2.05, 4.69) is 0 Å². The maximum Gasteiger partial charge on any atom is 0.400 e. The van der Waals surface area contributed by atoms with Crippen molar-refractivity contribution >= 4 is 22.6 Å². The molecular weight excluding hydrogens is 448 g/mol. The van der Waals surface area contributed by atoms with Gasteiger partial charge < -0.3 is 0 Å². The van der Waals surface area contributed by atoms with E-state index in [1.807, 2.05) is 0 Å². The summed E-state index contributed by atoms with van der Waals surface area (Å²) in [6.07, 6.45) is -9.22. The number of benzene rings is 2. The van der Waals surface area contributed by atoms with Crippen molar-refractivity contribution in [2.24, 2.45) is 0 Å². The molecule has 0 aromatic heterocycles. The highest BCUT2D eigenvalue weighted by atomic mass is 32.2. The van der Waals surface area contributed by atoms with E-state index in [9.17, 15) is 39.3 Å². The number of thioether (sulfide) groups is 1. The molecular formula is C18H14F8OS2. The van der Waals surface area contributed by atoms with Gasteiger partial charge in [-0.2, -0.15) is 26.3 Å². The van der Waals surface area contributed by atoms with Gasteiger partial charge in [0.25, 0.3) is 0 Å². The van der Waals surface area contributed by atoms with Crippen molar-refractivity contribution in [1.29, 1.82) is 0 Å². The van der Waals surface area contributed by atoms with Crippen LogP contribution in [-0.4, -0.2) is 28.1 Å². The van der Waals surface area contributed by atoms with Gasteiger partial charge in [0.2, 0.25) is 0 Å². The lowest BCUT2D eigenvalue weighted by molar-refractivity contribution is -0.106. The average molecular weight is 462 g/mol. The molecule has 2 aromatic carbocycles. The van der Waals surface area contributed by atoms with Crippen LogP contribution in [0.15, 0.2) is 34.1 Å². The fourth-order valence-corrected chi connectivity index (χ4v) is 4.43. The van der Waals surface area contributed by atoms with Crippen LogP contribution in [0.4, 0.5) is 35.1 Å². The van der Waals surface area contributed by atoms with E-state index in [1.165, 1.54) is 13.8 Å². The Hall–Kier alpha value is -1.62. The number of hydrogen-bond acceptors (Lipinski definition) is 2. The molecule has 160 valence electrons. The lowest BCUT2D eigenvalue weighted by atomic mass is 10.0. The van der Waals surface area contributed by atoms with Crippen LogP contribution >= 0.6 is 11.8 Å².